The van der Waals surface area contributed by atoms with Crippen molar-refractivity contribution in [3.05, 3.63) is 24.3 Å². The third-order valence-electron chi connectivity index (χ3n) is 3.50. The van der Waals surface area contributed by atoms with Crippen LogP contribution in [-0.4, -0.2) is 49.2 Å². The molecule has 1 fully saturated rings. The lowest BCUT2D eigenvalue weighted by molar-refractivity contribution is -0.141. The molecular formula is C16H25N3O2. The molecule has 1 aliphatic heterocycles. The number of hydrogen-bond donors (Lipinski definition) is 1. The number of amides is 1. The molecule has 1 aromatic carbocycles. The maximum Gasteiger partial charge on any atom is 0.248 e. The molecule has 21 heavy (non-hydrogen) atoms. The van der Waals surface area contributed by atoms with Crippen LogP contribution in [0.25, 0.3) is 0 Å². The highest BCUT2D eigenvalue weighted by atomic mass is 16.5. The Morgan fingerprint density at radius 3 is 2.48 bits per heavy atom. The summed E-state index contributed by atoms with van der Waals surface area (Å²) in [6.45, 7) is 9.12. The zero-order chi connectivity index (χ0) is 15.5. The van der Waals surface area contributed by atoms with Gasteiger partial charge in [-0.2, -0.15) is 0 Å². The molecule has 0 aliphatic carbocycles. The number of hydrogen-bond acceptors (Lipinski definition) is 4. The number of nitrogen functional groups attached to an aromatic ring is 1. The van der Waals surface area contributed by atoms with E-state index in [1.165, 1.54) is 0 Å². The summed E-state index contributed by atoms with van der Waals surface area (Å²) >= 11 is 0. The van der Waals surface area contributed by atoms with Gasteiger partial charge in [0.15, 0.2) is 0 Å². The van der Waals surface area contributed by atoms with E-state index in [1.807, 2.05) is 43.9 Å². The molecule has 0 unspecified atom stereocenters. The van der Waals surface area contributed by atoms with E-state index in [0.29, 0.717) is 0 Å². The van der Waals surface area contributed by atoms with Gasteiger partial charge in [-0.05, 0) is 39.0 Å². The fourth-order valence-electron chi connectivity index (χ4n) is 2.31. The van der Waals surface area contributed by atoms with Crippen molar-refractivity contribution in [3.63, 3.8) is 0 Å². The van der Waals surface area contributed by atoms with E-state index in [4.69, 9.17) is 10.5 Å². The minimum Gasteiger partial charge on any atom is -0.399 e. The summed E-state index contributed by atoms with van der Waals surface area (Å²) in [5, 5.41) is 0. The van der Waals surface area contributed by atoms with Gasteiger partial charge in [-0.3, -0.25) is 4.79 Å². The highest BCUT2D eigenvalue weighted by Crippen LogP contribution is 2.19. The van der Waals surface area contributed by atoms with Gasteiger partial charge in [0, 0.05) is 37.6 Å². The Balaban J connectivity index is 1.84. The van der Waals surface area contributed by atoms with Crippen LogP contribution < -0.4 is 10.6 Å². The molecule has 1 aromatic rings. The average molecular weight is 291 g/mol. The number of carbonyl (C=O) groups excluding carboxylic acids is 1. The summed E-state index contributed by atoms with van der Waals surface area (Å²) < 4.78 is 5.55. The minimum atomic E-state index is -0.279. The minimum absolute atomic E-state index is 0.0668. The molecule has 1 aliphatic rings. The molecule has 1 saturated heterocycles. The highest BCUT2D eigenvalue weighted by molar-refractivity contribution is 5.77. The number of benzene rings is 1. The molecule has 1 heterocycles. The topological polar surface area (TPSA) is 58.8 Å². The lowest BCUT2D eigenvalue weighted by Gasteiger charge is -2.36. The van der Waals surface area contributed by atoms with Crippen LogP contribution >= 0.6 is 0 Å². The van der Waals surface area contributed by atoms with Crippen LogP contribution in [0, 0.1) is 0 Å². The van der Waals surface area contributed by atoms with Crippen LogP contribution in [0.2, 0.25) is 0 Å². The second-order valence-electron chi connectivity index (χ2n) is 6.36. The summed E-state index contributed by atoms with van der Waals surface area (Å²) in [6, 6.07) is 7.86. The molecule has 5 heteroatoms. The monoisotopic (exact) mass is 291 g/mol. The Labute approximate surface area is 126 Å². The zero-order valence-corrected chi connectivity index (χ0v) is 13.1. The summed E-state index contributed by atoms with van der Waals surface area (Å²) in [5.74, 6) is 0.0668. The average Bonchev–Trinajstić information content (AvgIpc) is 2.44. The van der Waals surface area contributed by atoms with Gasteiger partial charge in [-0.15, -0.1) is 0 Å². The molecular weight excluding hydrogens is 266 g/mol. The van der Waals surface area contributed by atoms with Crippen LogP contribution in [0.4, 0.5) is 11.4 Å². The molecule has 2 N–H and O–H groups in total. The van der Waals surface area contributed by atoms with E-state index in [0.717, 1.165) is 37.6 Å². The maximum absolute atomic E-state index is 12.1. The number of ether oxygens (including phenoxy) is 1. The van der Waals surface area contributed by atoms with Crippen molar-refractivity contribution >= 4 is 17.3 Å². The van der Waals surface area contributed by atoms with Crippen molar-refractivity contribution in [2.75, 3.05) is 43.4 Å². The van der Waals surface area contributed by atoms with Crippen molar-refractivity contribution in [1.29, 1.82) is 0 Å². The number of rotatable bonds is 3. The van der Waals surface area contributed by atoms with Crippen molar-refractivity contribution in [1.82, 2.24) is 4.90 Å². The molecule has 5 nitrogen and oxygen atoms in total. The van der Waals surface area contributed by atoms with Gasteiger partial charge in [0.25, 0.3) is 0 Å². The van der Waals surface area contributed by atoms with E-state index < -0.39 is 0 Å². The van der Waals surface area contributed by atoms with Gasteiger partial charge in [0.05, 0.1) is 5.60 Å². The van der Waals surface area contributed by atoms with Crippen molar-refractivity contribution in [2.24, 2.45) is 0 Å². The summed E-state index contributed by atoms with van der Waals surface area (Å²) in [5.41, 5.74) is 7.42. The highest BCUT2D eigenvalue weighted by Gasteiger charge is 2.22. The summed E-state index contributed by atoms with van der Waals surface area (Å²) in [7, 11) is 0. The quantitative estimate of drug-likeness (QED) is 0.862. The SMILES string of the molecule is CC(C)(C)OCC(=O)N1CCN(c2cccc(N)c2)CC1. The van der Waals surface area contributed by atoms with Crippen LogP contribution in [0.3, 0.4) is 0 Å². The van der Waals surface area contributed by atoms with Gasteiger partial charge in [-0.1, -0.05) is 6.07 Å². The van der Waals surface area contributed by atoms with E-state index >= 15 is 0 Å². The molecule has 0 spiro atoms. The van der Waals surface area contributed by atoms with E-state index in [-0.39, 0.29) is 18.1 Å². The van der Waals surface area contributed by atoms with Crippen molar-refractivity contribution in [3.8, 4) is 0 Å². The number of carbonyl (C=O) groups is 1. The fraction of sp³-hybridized carbons (Fsp3) is 0.562. The second-order valence-corrected chi connectivity index (χ2v) is 6.36. The molecule has 0 saturated carbocycles. The van der Waals surface area contributed by atoms with Crippen LogP contribution in [0.15, 0.2) is 24.3 Å². The fourth-order valence-corrected chi connectivity index (χ4v) is 2.31. The molecule has 116 valence electrons. The Morgan fingerprint density at radius 1 is 1.24 bits per heavy atom. The Hall–Kier alpha value is -1.75. The third-order valence-corrected chi connectivity index (χ3v) is 3.50. The van der Waals surface area contributed by atoms with Gasteiger partial charge >= 0.3 is 0 Å². The molecule has 0 atom stereocenters. The Morgan fingerprint density at radius 2 is 1.90 bits per heavy atom. The number of nitrogens with zero attached hydrogens (tertiary/aromatic N) is 2. The van der Waals surface area contributed by atoms with E-state index in [9.17, 15) is 4.79 Å². The van der Waals surface area contributed by atoms with Gasteiger partial charge in [0.1, 0.15) is 6.61 Å². The molecule has 0 bridgehead atoms. The first-order chi connectivity index (χ1) is 9.85. The number of anilines is 2. The largest absolute Gasteiger partial charge is 0.399 e. The van der Waals surface area contributed by atoms with Crippen molar-refractivity contribution < 1.29 is 9.53 Å². The van der Waals surface area contributed by atoms with E-state index in [2.05, 4.69) is 11.0 Å². The third kappa shape index (κ3) is 4.63. The first-order valence-electron chi connectivity index (χ1n) is 7.37. The molecule has 2 rings (SSSR count). The van der Waals surface area contributed by atoms with Crippen LogP contribution in [0.1, 0.15) is 20.8 Å². The predicted octanol–water partition coefficient (Wildman–Crippen LogP) is 1.73. The normalized spacial score (nSPS) is 16.1. The predicted molar refractivity (Wildman–Crippen MR) is 85.4 cm³/mol. The summed E-state index contributed by atoms with van der Waals surface area (Å²) in [6.07, 6.45) is 0. The van der Waals surface area contributed by atoms with Gasteiger partial charge < -0.3 is 20.3 Å². The second kappa shape index (κ2) is 6.35. The Kier molecular flexibility index (Phi) is 4.73. The Bertz CT molecular complexity index is 489. The smallest absolute Gasteiger partial charge is 0.248 e. The molecule has 0 aromatic heterocycles. The van der Waals surface area contributed by atoms with E-state index in [1.54, 1.807) is 0 Å². The van der Waals surface area contributed by atoms with Crippen LogP contribution in [-0.2, 0) is 9.53 Å². The first-order valence-corrected chi connectivity index (χ1v) is 7.37. The zero-order valence-electron chi connectivity index (χ0n) is 13.1. The summed E-state index contributed by atoms with van der Waals surface area (Å²) in [4.78, 5) is 16.2. The lowest BCUT2D eigenvalue weighted by atomic mass is 10.2. The molecule has 0 radical (unpaired) electrons. The van der Waals surface area contributed by atoms with Gasteiger partial charge in [-0.25, -0.2) is 0 Å². The van der Waals surface area contributed by atoms with Crippen LogP contribution in [0.5, 0.6) is 0 Å². The number of nitrogens with two attached hydrogens (primary N) is 1. The number of piperazine rings is 1. The standard InChI is InChI=1S/C16H25N3O2/c1-16(2,3)21-12-15(20)19-9-7-18(8-10-19)14-6-4-5-13(17)11-14/h4-6,11H,7-10,12,17H2,1-3H3. The lowest BCUT2D eigenvalue weighted by Crippen LogP contribution is -2.50. The molecule has 1 amide bonds. The van der Waals surface area contributed by atoms with Gasteiger partial charge in [0.2, 0.25) is 5.91 Å². The maximum atomic E-state index is 12.1. The van der Waals surface area contributed by atoms with Crippen molar-refractivity contribution in [2.45, 2.75) is 26.4 Å². The first kappa shape index (κ1) is 15.6.